The second-order valence-electron chi connectivity index (χ2n) is 4.45. The molecule has 0 bridgehead atoms. The molecule has 4 nitrogen and oxygen atoms in total. The topological polar surface area (TPSA) is 63.6 Å². The molecule has 17 heavy (non-hydrogen) atoms. The largest absolute Gasteiger partial charge is 0.480 e. The number of aliphatic carboxylic acids is 1. The predicted molar refractivity (Wildman–Crippen MR) is 62.1 cm³/mol. The Morgan fingerprint density at radius 1 is 1.47 bits per heavy atom. The van der Waals surface area contributed by atoms with Crippen LogP contribution >= 0.6 is 0 Å². The lowest BCUT2D eigenvalue weighted by Crippen LogP contribution is -2.45. The van der Waals surface area contributed by atoms with Crippen LogP contribution in [0, 0.1) is 23.7 Å². The Morgan fingerprint density at radius 3 is 2.47 bits per heavy atom. The van der Waals surface area contributed by atoms with Gasteiger partial charge in [0.15, 0.2) is 5.41 Å². The predicted octanol–water partition coefficient (Wildman–Crippen LogP) is 1.83. The molecule has 0 radical (unpaired) electrons. The SMILES string of the molecule is C#CCCC(C(=O)O)(C(=O)OC)C1CCCC1. The second kappa shape index (κ2) is 5.72. The molecule has 0 amide bonds. The number of ether oxygens (including phenoxy) is 1. The summed E-state index contributed by atoms with van der Waals surface area (Å²) in [5.74, 6) is 0.492. The maximum absolute atomic E-state index is 11.9. The van der Waals surface area contributed by atoms with Gasteiger partial charge in [0.1, 0.15) is 0 Å². The first-order chi connectivity index (χ1) is 8.09. The van der Waals surface area contributed by atoms with E-state index in [1.165, 1.54) is 7.11 Å². The molecule has 1 saturated carbocycles. The van der Waals surface area contributed by atoms with Crippen molar-refractivity contribution in [2.24, 2.45) is 11.3 Å². The summed E-state index contributed by atoms with van der Waals surface area (Å²) in [7, 11) is 1.23. The lowest BCUT2D eigenvalue weighted by molar-refractivity contribution is -0.172. The zero-order valence-corrected chi connectivity index (χ0v) is 10.1. The monoisotopic (exact) mass is 238 g/mol. The van der Waals surface area contributed by atoms with Crippen molar-refractivity contribution in [3.8, 4) is 12.3 Å². The summed E-state index contributed by atoms with van der Waals surface area (Å²) in [5.41, 5.74) is -1.45. The van der Waals surface area contributed by atoms with Gasteiger partial charge in [0.25, 0.3) is 0 Å². The van der Waals surface area contributed by atoms with Gasteiger partial charge < -0.3 is 9.84 Å². The molecule has 0 aromatic rings. The number of methoxy groups -OCH3 is 1. The Hall–Kier alpha value is -1.50. The summed E-state index contributed by atoms with van der Waals surface area (Å²) in [6, 6.07) is 0. The minimum Gasteiger partial charge on any atom is -0.480 e. The molecule has 1 aliphatic rings. The van der Waals surface area contributed by atoms with Gasteiger partial charge in [-0.15, -0.1) is 12.3 Å². The van der Waals surface area contributed by atoms with E-state index in [2.05, 4.69) is 5.92 Å². The van der Waals surface area contributed by atoms with E-state index in [0.29, 0.717) is 0 Å². The molecule has 0 spiro atoms. The number of carbonyl (C=O) groups is 2. The quantitative estimate of drug-likeness (QED) is 0.451. The normalized spacial score (nSPS) is 19.3. The molecule has 4 heteroatoms. The van der Waals surface area contributed by atoms with Crippen LogP contribution in [-0.2, 0) is 14.3 Å². The van der Waals surface area contributed by atoms with Gasteiger partial charge in [0.2, 0.25) is 0 Å². The third kappa shape index (κ3) is 2.44. The molecular formula is C13H18O4. The highest BCUT2D eigenvalue weighted by atomic mass is 16.5. The van der Waals surface area contributed by atoms with Gasteiger partial charge in [-0.3, -0.25) is 9.59 Å². The standard InChI is InChI=1S/C13H18O4/c1-3-4-9-13(11(14)15,12(16)17-2)10-7-5-6-8-10/h1,10H,4-9H2,2H3,(H,14,15). The average Bonchev–Trinajstić information content (AvgIpc) is 2.83. The smallest absolute Gasteiger partial charge is 0.323 e. The lowest BCUT2D eigenvalue weighted by atomic mass is 9.71. The van der Waals surface area contributed by atoms with Crippen molar-refractivity contribution in [3.63, 3.8) is 0 Å². The Labute approximate surface area is 101 Å². The van der Waals surface area contributed by atoms with Crippen molar-refractivity contribution in [1.82, 2.24) is 0 Å². The summed E-state index contributed by atoms with van der Waals surface area (Å²) < 4.78 is 4.70. The number of rotatable bonds is 5. The summed E-state index contributed by atoms with van der Waals surface area (Å²) in [6.45, 7) is 0. The van der Waals surface area contributed by atoms with Gasteiger partial charge in [-0.05, 0) is 25.2 Å². The molecule has 1 fully saturated rings. The van der Waals surface area contributed by atoms with E-state index in [-0.39, 0.29) is 18.8 Å². The summed E-state index contributed by atoms with van der Waals surface area (Å²) >= 11 is 0. The first-order valence-electron chi connectivity index (χ1n) is 5.85. The fourth-order valence-corrected chi connectivity index (χ4v) is 2.71. The zero-order valence-electron chi connectivity index (χ0n) is 10.1. The molecule has 1 N–H and O–H groups in total. The molecule has 1 rings (SSSR count). The van der Waals surface area contributed by atoms with Crippen LogP contribution in [0.25, 0.3) is 0 Å². The summed E-state index contributed by atoms with van der Waals surface area (Å²) in [4.78, 5) is 23.4. The number of carbonyl (C=O) groups excluding carboxylic acids is 1. The van der Waals surface area contributed by atoms with Gasteiger partial charge in [0, 0.05) is 6.42 Å². The third-order valence-corrected chi connectivity index (χ3v) is 3.65. The van der Waals surface area contributed by atoms with Crippen LogP contribution in [0.1, 0.15) is 38.5 Å². The first kappa shape index (κ1) is 13.6. The van der Waals surface area contributed by atoms with E-state index >= 15 is 0 Å². The molecular weight excluding hydrogens is 220 g/mol. The third-order valence-electron chi connectivity index (χ3n) is 3.65. The van der Waals surface area contributed by atoms with Crippen molar-refractivity contribution >= 4 is 11.9 Å². The average molecular weight is 238 g/mol. The number of esters is 1. The van der Waals surface area contributed by atoms with Gasteiger partial charge in [-0.1, -0.05) is 12.8 Å². The highest BCUT2D eigenvalue weighted by Gasteiger charge is 2.53. The Bertz CT molecular complexity index is 336. The highest BCUT2D eigenvalue weighted by molar-refractivity contribution is 5.99. The Kier molecular flexibility index (Phi) is 4.56. The number of hydrogen-bond donors (Lipinski definition) is 1. The van der Waals surface area contributed by atoms with Crippen molar-refractivity contribution in [2.45, 2.75) is 38.5 Å². The highest BCUT2D eigenvalue weighted by Crippen LogP contribution is 2.44. The van der Waals surface area contributed by atoms with E-state index in [1.54, 1.807) is 0 Å². The fourth-order valence-electron chi connectivity index (χ4n) is 2.71. The van der Waals surface area contributed by atoms with Crippen LogP contribution in [0.2, 0.25) is 0 Å². The maximum Gasteiger partial charge on any atom is 0.323 e. The Morgan fingerprint density at radius 2 is 2.06 bits per heavy atom. The number of carboxylic acid groups (broad SMARTS) is 1. The van der Waals surface area contributed by atoms with Crippen LogP contribution in [0.15, 0.2) is 0 Å². The molecule has 0 aliphatic heterocycles. The van der Waals surface area contributed by atoms with Crippen molar-refractivity contribution < 1.29 is 19.4 Å². The molecule has 0 aromatic heterocycles. The molecule has 1 unspecified atom stereocenters. The minimum atomic E-state index is -1.45. The van der Waals surface area contributed by atoms with Crippen molar-refractivity contribution in [3.05, 3.63) is 0 Å². The summed E-state index contributed by atoms with van der Waals surface area (Å²) in [5, 5.41) is 9.44. The van der Waals surface area contributed by atoms with Gasteiger partial charge in [-0.25, -0.2) is 0 Å². The molecule has 0 heterocycles. The number of carboxylic acids is 1. The van der Waals surface area contributed by atoms with Crippen LogP contribution < -0.4 is 0 Å². The van der Waals surface area contributed by atoms with E-state index in [0.717, 1.165) is 25.7 Å². The number of terminal acetylenes is 1. The lowest BCUT2D eigenvalue weighted by Gasteiger charge is -2.31. The van der Waals surface area contributed by atoms with E-state index in [9.17, 15) is 14.7 Å². The van der Waals surface area contributed by atoms with E-state index in [4.69, 9.17) is 11.2 Å². The Balaban J connectivity index is 3.05. The first-order valence-corrected chi connectivity index (χ1v) is 5.85. The van der Waals surface area contributed by atoms with Crippen molar-refractivity contribution in [2.75, 3.05) is 7.11 Å². The molecule has 0 saturated heterocycles. The van der Waals surface area contributed by atoms with Crippen LogP contribution in [0.5, 0.6) is 0 Å². The summed E-state index contributed by atoms with van der Waals surface area (Å²) in [6.07, 6.45) is 9.06. The zero-order chi connectivity index (χ0) is 12.9. The van der Waals surface area contributed by atoms with E-state index in [1.807, 2.05) is 0 Å². The molecule has 1 aliphatic carbocycles. The number of hydrogen-bond acceptors (Lipinski definition) is 3. The van der Waals surface area contributed by atoms with Gasteiger partial charge >= 0.3 is 11.9 Å². The van der Waals surface area contributed by atoms with Crippen molar-refractivity contribution in [1.29, 1.82) is 0 Å². The van der Waals surface area contributed by atoms with Gasteiger partial charge in [0.05, 0.1) is 7.11 Å². The van der Waals surface area contributed by atoms with Crippen LogP contribution in [0.3, 0.4) is 0 Å². The van der Waals surface area contributed by atoms with Crippen LogP contribution in [-0.4, -0.2) is 24.2 Å². The molecule has 0 aromatic carbocycles. The molecule has 94 valence electrons. The minimum absolute atomic E-state index is 0.152. The van der Waals surface area contributed by atoms with Crippen LogP contribution in [0.4, 0.5) is 0 Å². The molecule has 1 atom stereocenters. The van der Waals surface area contributed by atoms with Gasteiger partial charge in [-0.2, -0.15) is 0 Å². The van der Waals surface area contributed by atoms with E-state index < -0.39 is 17.4 Å². The maximum atomic E-state index is 11.9. The second-order valence-corrected chi connectivity index (χ2v) is 4.45. The fraction of sp³-hybridized carbons (Fsp3) is 0.692.